The lowest BCUT2D eigenvalue weighted by Crippen LogP contribution is -2.48. The summed E-state index contributed by atoms with van der Waals surface area (Å²) in [5, 5.41) is 4.23. The summed E-state index contributed by atoms with van der Waals surface area (Å²) in [6.07, 6.45) is -3.55. The van der Waals surface area contributed by atoms with Crippen LogP contribution in [0.3, 0.4) is 0 Å². The Labute approximate surface area is 227 Å². The maximum absolute atomic E-state index is 14.0. The van der Waals surface area contributed by atoms with E-state index in [4.69, 9.17) is 11.6 Å². The van der Waals surface area contributed by atoms with Crippen LogP contribution >= 0.6 is 11.6 Å². The molecule has 1 fully saturated rings. The second kappa shape index (κ2) is 10.6. The Hall–Kier alpha value is -3.50. The minimum atomic E-state index is -4.70. The fourth-order valence-corrected chi connectivity index (χ4v) is 4.90. The predicted molar refractivity (Wildman–Crippen MR) is 140 cm³/mol. The average molecular weight is 560 g/mol. The Morgan fingerprint density at radius 2 is 1.72 bits per heavy atom. The molecule has 0 aliphatic carbocycles. The molecule has 0 N–H and O–H groups in total. The zero-order valence-corrected chi connectivity index (χ0v) is 22.1. The molecule has 0 unspecified atom stereocenters. The summed E-state index contributed by atoms with van der Waals surface area (Å²) in [7, 11) is 0. The van der Waals surface area contributed by atoms with E-state index in [9.17, 15) is 22.4 Å². The van der Waals surface area contributed by atoms with E-state index in [0.717, 1.165) is 23.4 Å². The first-order valence-electron chi connectivity index (χ1n) is 12.5. The number of hydrogen-bond donors (Lipinski definition) is 0. The van der Waals surface area contributed by atoms with Gasteiger partial charge in [0.05, 0.1) is 11.9 Å². The van der Waals surface area contributed by atoms with Crippen LogP contribution in [0.1, 0.15) is 46.9 Å². The highest BCUT2D eigenvalue weighted by Crippen LogP contribution is 2.33. The lowest BCUT2D eigenvalue weighted by molar-refractivity contribution is -0.142. The molecule has 1 saturated heterocycles. The number of nitrogens with zero attached hydrogens (tertiary/aromatic N) is 5. The highest BCUT2D eigenvalue weighted by molar-refractivity contribution is 6.31. The van der Waals surface area contributed by atoms with E-state index in [1.807, 2.05) is 26.0 Å². The molecule has 11 heteroatoms. The van der Waals surface area contributed by atoms with Crippen LogP contribution in [0.2, 0.25) is 5.02 Å². The van der Waals surface area contributed by atoms with E-state index in [0.29, 0.717) is 47.8 Å². The average Bonchev–Trinajstić information content (AvgIpc) is 3.33. The van der Waals surface area contributed by atoms with Crippen molar-refractivity contribution in [2.75, 3.05) is 26.2 Å². The number of aromatic nitrogens is 3. The van der Waals surface area contributed by atoms with Gasteiger partial charge in [0.2, 0.25) is 0 Å². The molecule has 0 saturated carbocycles. The van der Waals surface area contributed by atoms with Crippen LogP contribution < -0.4 is 0 Å². The van der Waals surface area contributed by atoms with Crippen LogP contribution in [0.5, 0.6) is 0 Å². The molecule has 5 rings (SSSR count). The van der Waals surface area contributed by atoms with Gasteiger partial charge in [-0.1, -0.05) is 55.8 Å². The van der Waals surface area contributed by atoms with E-state index in [1.54, 1.807) is 23.1 Å². The Kier molecular flexibility index (Phi) is 7.35. The molecule has 0 bridgehead atoms. The van der Waals surface area contributed by atoms with Gasteiger partial charge in [-0.05, 0) is 35.2 Å². The SMILES string of the molecule is CC(C)c1ccc(-c2cc(C(F)(F)F)n3ncc(C(=O)N4CCN(Cc5ccc(F)cc5Cl)CC4)c3n2)cc1. The molecular weight excluding hydrogens is 534 g/mol. The quantitative estimate of drug-likeness (QED) is 0.270. The fourth-order valence-electron chi connectivity index (χ4n) is 4.67. The van der Waals surface area contributed by atoms with Crippen molar-refractivity contribution in [1.29, 1.82) is 0 Å². The van der Waals surface area contributed by atoms with Crippen molar-refractivity contribution in [2.24, 2.45) is 0 Å². The highest BCUT2D eigenvalue weighted by atomic mass is 35.5. The zero-order valence-electron chi connectivity index (χ0n) is 21.3. The predicted octanol–water partition coefficient (Wildman–Crippen LogP) is 6.29. The normalized spacial score (nSPS) is 14.9. The van der Waals surface area contributed by atoms with Gasteiger partial charge in [-0.15, -0.1) is 0 Å². The lowest BCUT2D eigenvalue weighted by Gasteiger charge is -2.34. The number of carbonyl (C=O) groups is 1. The third-order valence-corrected chi connectivity index (χ3v) is 7.29. The summed E-state index contributed by atoms with van der Waals surface area (Å²) < 4.78 is 56.0. The van der Waals surface area contributed by atoms with Crippen molar-refractivity contribution in [2.45, 2.75) is 32.5 Å². The minimum absolute atomic E-state index is 0.0104. The second-order valence-corrected chi connectivity index (χ2v) is 10.3. The van der Waals surface area contributed by atoms with Gasteiger partial charge < -0.3 is 4.90 Å². The fraction of sp³-hybridized carbons (Fsp3) is 0.321. The first-order chi connectivity index (χ1) is 18.5. The molecule has 2 aromatic carbocycles. The second-order valence-electron chi connectivity index (χ2n) is 9.90. The Morgan fingerprint density at radius 3 is 2.33 bits per heavy atom. The van der Waals surface area contributed by atoms with Gasteiger partial charge in [0.1, 0.15) is 11.4 Å². The molecule has 2 aromatic heterocycles. The molecule has 1 aliphatic rings. The summed E-state index contributed by atoms with van der Waals surface area (Å²) in [4.78, 5) is 21.5. The highest BCUT2D eigenvalue weighted by Gasteiger charge is 2.36. The smallest absolute Gasteiger partial charge is 0.336 e. The van der Waals surface area contributed by atoms with E-state index in [2.05, 4.69) is 15.0 Å². The Bertz CT molecular complexity index is 1510. The van der Waals surface area contributed by atoms with Crippen LogP contribution in [0.15, 0.2) is 54.7 Å². The topological polar surface area (TPSA) is 53.7 Å². The lowest BCUT2D eigenvalue weighted by atomic mass is 10.0. The number of hydrogen-bond acceptors (Lipinski definition) is 4. The van der Waals surface area contributed by atoms with E-state index < -0.39 is 23.6 Å². The third-order valence-electron chi connectivity index (χ3n) is 6.93. The summed E-state index contributed by atoms with van der Waals surface area (Å²) in [5.74, 6) is -0.574. The van der Waals surface area contributed by atoms with Crippen molar-refractivity contribution in [1.82, 2.24) is 24.4 Å². The summed E-state index contributed by atoms with van der Waals surface area (Å²) in [6.45, 7) is 6.31. The molecule has 39 heavy (non-hydrogen) atoms. The van der Waals surface area contributed by atoms with Crippen LogP contribution in [0.25, 0.3) is 16.9 Å². The molecule has 0 spiro atoms. The van der Waals surface area contributed by atoms with Crippen LogP contribution in [-0.2, 0) is 12.7 Å². The largest absolute Gasteiger partial charge is 0.433 e. The molecule has 3 heterocycles. The molecular formula is C28H26ClF4N5O. The van der Waals surface area contributed by atoms with Gasteiger partial charge >= 0.3 is 6.18 Å². The van der Waals surface area contributed by atoms with Crippen molar-refractivity contribution in [3.05, 3.63) is 88.0 Å². The number of amides is 1. The zero-order chi connectivity index (χ0) is 27.9. The first kappa shape index (κ1) is 27.1. The molecule has 0 atom stereocenters. The van der Waals surface area contributed by atoms with Crippen molar-refractivity contribution in [3.63, 3.8) is 0 Å². The van der Waals surface area contributed by atoms with Gasteiger partial charge in [-0.2, -0.15) is 18.3 Å². The number of piperazine rings is 1. The number of rotatable bonds is 5. The van der Waals surface area contributed by atoms with Gasteiger partial charge in [-0.25, -0.2) is 13.9 Å². The molecule has 4 aromatic rings. The van der Waals surface area contributed by atoms with Crippen LogP contribution in [0, 0.1) is 5.82 Å². The Morgan fingerprint density at radius 1 is 1.03 bits per heavy atom. The monoisotopic (exact) mass is 559 g/mol. The number of fused-ring (bicyclic) bond motifs is 1. The van der Waals surface area contributed by atoms with Crippen molar-refractivity contribution < 1.29 is 22.4 Å². The number of benzene rings is 2. The van der Waals surface area contributed by atoms with Crippen LogP contribution in [-0.4, -0.2) is 56.5 Å². The van der Waals surface area contributed by atoms with Crippen molar-refractivity contribution >= 4 is 23.2 Å². The maximum atomic E-state index is 14.0. The van der Waals surface area contributed by atoms with Gasteiger partial charge in [0.25, 0.3) is 5.91 Å². The Balaban J connectivity index is 1.40. The van der Waals surface area contributed by atoms with Crippen molar-refractivity contribution in [3.8, 4) is 11.3 Å². The standard InChI is InChI=1S/C28H26ClF4N5O/c1-17(2)18-3-5-19(6-4-18)24-14-25(28(31,32)33)38-26(35-24)22(15-34-38)27(39)37-11-9-36(10-12-37)16-20-7-8-21(30)13-23(20)29/h3-8,13-15,17H,9-12,16H2,1-2H3. The summed E-state index contributed by atoms with van der Waals surface area (Å²) in [6, 6.07) is 12.4. The number of halogens is 5. The molecule has 1 amide bonds. The van der Waals surface area contributed by atoms with Gasteiger partial charge in [-0.3, -0.25) is 9.69 Å². The summed E-state index contributed by atoms with van der Waals surface area (Å²) >= 11 is 6.15. The first-order valence-corrected chi connectivity index (χ1v) is 12.9. The number of alkyl halides is 3. The van der Waals surface area contributed by atoms with Gasteiger partial charge in [0.15, 0.2) is 11.3 Å². The van der Waals surface area contributed by atoms with Crippen LogP contribution in [0.4, 0.5) is 17.6 Å². The van der Waals surface area contributed by atoms with E-state index in [-0.39, 0.29) is 22.8 Å². The van der Waals surface area contributed by atoms with Gasteiger partial charge in [0, 0.05) is 43.3 Å². The third kappa shape index (κ3) is 5.62. The van der Waals surface area contributed by atoms with E-state index in [1.165, 1.54) is 12.1 Å². The molecule has 204 valence electrons. The number of carbonyl (C=O) groups excluding carboxylic acids is 1. The maximum Gasteiger partial charge on any atom is 0.433 e. The van der Waals surface area contributed by atoms with E-state index >= 15 is 0 Å². The summed E-state index contributed by atoms with van der Waals surface area (Å²) in [5.41, 5.74) is 1.32. The molecule has 1 aliphatic heterocycles. The molecule has 0 radical (unpaired) electrons. The minimum Gasteiger partial charge on any atom is -0.336 e. The molecule has 6 nitrogen and oxygen atoms in total.